The highest BCUT2D eigenvalue weighted by molar-refractivity contribution is 6.99. The number of benzene rings is 4. The summed E-state index contributed by atoms with van der Waals surface area (Å²) in [4.78, 5) is 0. The minimum atomic E-state index is -0.287. The zero-order valence-corrected chi connectivity index (χ0v) is 24.8. The number of hydrogen-bond donors (Lipinski definition) is 0. The molecule has 41 heavy (non-hydrogen) atoms. The third-order valence-electron chi connectivity index (χ3n) is 9.36. The first kappa shape index (κ1) is 22.7. The zero-order chi connectivity index (χ0) is 30.2. The van der Waals surface area contributed by atoms with Crippen molar-refractivity contribution in [3.8, 4) is 34.3 Å². The first-order valence-electron chi connectivity index (χ1n) is 15.6. The molecule has 0 N–H and O–H groups in total. The molecule has 1 aliphatic carbocycles. The van der Waals surface area contributed by atoms with Gasteiger partial charge in [0.2, 0.25) is 0 Å². The number of furan rings is 1. The predicted octanol–water partition coefficient (Wildman–Crippen LogP) is 8.08. The zero-order valence-electron chi connectivity index (χ0n) is 26.8. The fraction of sp³-hybridized carbons (Fsp3) is 0.297. The van der Waals surface area contributed by atoms with Gasteiger partial charge in [-0.05, 0) is 80.2 Å². The van der Waals surface area contributed by atoms with Crippen LogP contribution >= 0.6 is 0 Å². The van der Waals surface area contributed by atoms with Crippen LogP contribution in [0.3, 0.4) is 0 Å². The monoisotopic (exact) mass is 540 g/mol. The molecule has 204 valence electrons. The van der Waals surface area contributed by atoms with E-state index in [1.165, 1.54) is 16.7 Å². The van der Waals surface area contributed by atoms with Crippen LogP contribution in [0.5, 0.6) is 23.2 Å². The standard InChI is InChI=1S/C37H35BO3/c1-35(2,3)24-11-10-14-28-31(24)33-34(40-28)41-30-19-22(18-29-32(30)38(33)26-12-8-9-13-27(26)39-29)21-15-16-23-25(17-21)37(6,7)20-36(23,4)5/h8-19H,20H2,1-7H3/i18D,19D. The topological polar surface area (TPSA) is 31.6 Å². The molecule has 0 fully saturated rings. The fourth-order valence-electron chi connectivity index (χ4n) is 7.79. The molecule has 4 aromatic carbocycles. The number of para-hydroxylation sites is 1. The molecular formula is C37H35BO3. The molecule has 0 spiro atoms. The quantitative estimate of drug-likeness (QED) is 0.197. The highest BCUT2D eigenvalue weighted by Gasteiger charge is 2.45. The van der Waals surface area contributed by atoms with Crippen molar-refractivity contribution in [2.75, 3.05) is 0 Å². The Labute approximate surface area is 245 Å². The Balaban J connectivity index is 1.42. The summed E-state index contributed by atoms with van der Waals surface area (Å²) < 4.78 is 38.6. The van der Waals surface area contributed by atoms with E-state index in [0.29, 0.717) is 23.0 Å². The lowest BCUT2D eigenvalue weighted by atomic mass is 9.34. The minimum absolute atomic E-state index is 0.00727. The first-order chi connectivity index (χ1) is 20.3. The molecule has 1 aromatic heterocycles. The van der Waals surface area contributed by atoms with Crippen LogP contribution in [-0.4, -0.2) is 6.71 Å². The number of hydrogen-bond acceptors (Lipinski definition) is 3. The molecular weight excluding hydrogens is 503 g/mol. The van der Waals surface area contributed by atoms with Crippen molar-refractivity contribution < 1.29 is 16.6 Å². The Morgan fingerprint density at radius 1 is 0.756 bits per heavy atom. The Bertz CT molecular complexity index is 2030. The van der Waals surface area contributed by atoms with Crippen LogP contribution in [0, 0.1) is 0 Å². The summed E-state index contributed by atoms with van der Waals surface area (Å²) >= 11 is 0. The third kappa shape index (κ3) is 3.46. The van der Waals surface area contributed by atoms with Gasteiger partial charge in [-0.3, -0.25) is 0 Å². The second-order valence-electron chi connectivity index (χ2n) is 14.3. The van der Waals surface area contributed by atoms with Crippen molar-refractivity contribution in [3.63, 3.8) is 0 Å². The van der Waals surface area contributed by atoms with Crippen molar-refractivity contribution in [2.24, 2.45) is 0 Å². The van der Waals surface area contributed by atoms with E-state index in [1.54, 1.807) is 0 Å². The van der Waals surface area contributed by atoms with Crippen LogP contribution in [0.2, 0.25) is 0 Å². The summed E-state index contributed by atoms with van der Waals surface area (Å²) in [6.45, 7) is 15.5. The molecule has 0 saturated carbocycles. The Morgan fingerprint density at radius 3 is 2.27 bits per heavy atom. The summed E-state index contributed by atoms with van der Waals surface area (Å²) in [6.07, 6.45) is 1.05. The summed E-state index contributed by atoms with van der Waals surface area (Å²) in [5, 5.41) is 1.04. The van der Waals surface area contributed by atoms with Crippen molar-refractivity contribution in [3.05, 3.63) is 89.4 Å². The normalized spacial score (nSPS) is 18.0. The molecule has 0 amide bonds. The van der Waals surface area contributed by atoms with Gasteiger partial charge in [-0.1, -0.05) is 97.0 Å². The van der Waals surface area contributed by atoms with Gasteiger partial charge in [0.25, 0.3) is 12.7 Å². The third-order valence-corrected chi connectivity index (χ3v) is 9.36. The van der Waals surface area contributed by atoms with Crippen LogP contribution in [0.1, 0.15) is 74.3 Å². The lowest BCUT2D eigenvalue weighted by molar-refractivity contribution is 0.362. The lowest BCUT2D eigenvalue weighted by Crippen LogP contribution is -2.57. The average molecular weight is 541 g/mol. The molecule has 0 atom stereocenters. The van der Waals surface area contributed by atoms with E-state index < -0.39 is 0 Å². The molecule has 0 radical (unpaired) electrons. The predicted molar refractivity (Wildman–Crippen MR) is 169 cm³/mol. The van der Waals surface area contributed by atoms with Gasteiger partial charge >= 0.3 is 0 Å². The van der Waals surface area contributed by atoms with Crippen LogP contribution in [-0.2, 0) is 16.2 Å². The van der Waals surface area contributed by atoms with Crippen LogP contribution < -0.4 is 25.9 Å². The molecule has 0 unspecified atom stereocenters. The van der Waals surface area contributed by atoms with Crippen LogP contribution in [0.25, 0.3) is 22.1 Å². The second-order valence-corrected chi connectivity index (χ2v) is 14.3. The van der Waals surface area contributed by atoms with Gasteiger partial charge < -0.3 is 13.9 Å². The molecule has 8 rings (SSSR count). The van der Waals surface area contributed by atoms with E-state index in [4.69, 9.17) is 13.9 Å². The molecule has 0 bridgehead atoms. The SMILES string of the molecule is [2H]c1c2c3c(c([2H])c1-c1ccc4c(c1)C(C)(C)CC4(C)C)Oc1oc4cccc(C(C)(C)C)c4c1B3c1ccccc1O2. The van der Waals surface area contributed by atoms with Crippen molar-refractivity contribution in [2.45, 2.75) is 71.1 Å². The highest BCUT2D eigenvalue weighted by Crippen LogP contribution is 2.50. The van der Waals surface area contributed by atoms with Crippen LogP contribution in [0.4, 0.5) is 0 Å². The Kier molecular flexibility index (Phi) is 4.37. The molecule has 4 heteroatoms. The van der Waals surface area contributed by atoms with E-state index in [0.717, 1.165) is 45.1 Å². The average Bonchev–Trinajstić information content (AvgIpc) is 3.41. The Hall–Kier alpha value is -3.92. The maximum absolute atomic E-state index is 9.53. The number of fused-ring (bicyclic) bond motifs is 7. The lowest BCUT2D eigenvalue weighted by Gasteiger charge is -2.32. The van der Waals surface area contributed by atoms with E-state index in [-0.39, 0.29) is 35.0 Å². The molecule has 5 aromatic rings. The fourth-order valence-corrected chi connectivity index (χ4v) is 7.79. The maximum Gasteiger partial charge on any atom is 0.285 e. The molecule has 3 aliphatic rings. The van der Waals surface area contributed by atoms with Gasteiger partial charge in [0, 0.05) is 16.3 Å². The molecule has 0 saturated heterocycles. The summed E-state index contributed by atoms with van der Waals surface area (Å²) in [5.41, 5.74) is 8.50. The summed E-state index contributed by atoms with van der Waals surface area (Å²) in [7, 11) is 0. The highest BCUT2D eigenvalue weighted by atomic mass is 16.6. The molecule has 2 aliphatic heterocycles. The van der Waals surface area contributed by atoms with Gasteiger partial charge in [-0.25, -0.2) is 0 Å². The molecule has 3 heterocycles. The van der Waals surface area contributed by atoms with Crippen molar-refractivity contribution in [1.29, 1.82) is 0 Å². The summed E-state index contributed by atoms with van der Waals surface area (Å²) in [6, 6.07) is 21.0. The summed E-state index contributed by atoms with van der Waals surface area (Å²) in [5.74, 6) is 2.00. The van der Waals surface area contributed by atoms with Gasteiger partial charge in [0.1, 0.15) is 22.8 Å². The van der Waals surface area contributed by atoms with E-state index in [9.17, 15) is 2.74 Å². The largest absolute Gasteiger partial charge is 0.458 e. The van der Waals surface area contributed by atoms with E-state index in [2.05, 4.69) is 78.8 Å². The van der Waals surface area contributed by atoms with E-state index >= 15 is 0 Å². The first-order valence-corrected chi connectivity index (χ1v) is 14.6. The van der Waals surface area contributed by atoms with Crippen LogP contribution in [0.15, 0.2) is 77.2 Å². The van der Waals surface area contributed by atoms with Crippen molar-refractivity contribution in [1.82, 2.24) is 0 Å². The molecule has 3 nitrogen and oxygen atoms in total. The number of rotatable bonds is 1. The maximum atomic E-state index is 9.53. The van der Waals surface area contributed by atoms with E-state index in [1.807, 2.05) is 30.3 Å². The van der Waals surface area contributed by atoms with Gasteiger partial charge in [0.05, 0.1) is 2.74 Å². The number of ether oxygens (including phenoxy) is 2. The smallest absolute Gasteiger partial charge is 0.285 e. The van der Waals surface area contributed by atoms with Gasteiger partial charge in [0.15, 0.2) is 0 Å². The second kappa shape index (κ2) is 7.88. The van der Waals surface area contributed by atoms with Crippen molar-refractivity contribution >= 4 is 34.1 Å². The van der Waals surface area contributed by atoms with Gasteiger partial charge in [-0.15, -0.1) is 0 Å². The minimum Gasteiger partial charge on any atom is -0.458 e. The Morgan fingerprint density at radius 2 is 1.49 bits per heavy atom. The van der Waals surface area contributed by atoms with Gasteiger partial charge in [-0.2, -0.15) is 0 Å².